The highest BCUT2D eigenvalue weighted by molar-refractivity contribution is 5.86. The van der Waals surface area contributed by atoms with Gasteiger partial charge in [-0.3, -0.25) is 4.79 Å². The molecule has 0 aliphatic heterocycles. The van der Waals surface area contributed by atoms with E-state index in [0.717, 1.165) is 12.8 Å². The van der Waals surface area contributed by atoms with E-state index in [9.17, 15) is 4.79 Å². The van der Waals surface area contributed by atoms with Crippen molar-refractivity contribution in [1.29, 1.82) is 0 Å². The lowest BCUT2D eigenvalue weighted by Crippen LogP contribution is -2.41. The van der Waals surface area contributed by atoms with E-state index in [0.29, 0.717) is 18.3 Å². The number of ketones is 1. The highest BCUT2D eigenvalue weighted by Gasteiger charge is 2.37. The van der Waals surface area contributed by atoms with Crippen LogP contribution in [0.3, 0.4) is 0 Å². The number of hydrogen-bond donors (Lipinski definition) is 0. The number of hydrogen-bond acceptors (Lipinski definition) is 2. The van der Waals surface area contributed by atoms with Crippen LogP contribution in [0, 0.1) is 17.3 Å². The molecule has 0 amide bonds. The van der Waals surface area contributed by atoms with Crippen molar-refractivity contribution in [3.8, 4) is 0 Å². The molecule has 17 heavy (non-hydrogen) atoms. The Labute approximate surface area is 106 Å². The summed E-state index contributed by atoms with van der Waals surface area (Å²) in [5.74, 6) is 1.26. The van der Waals surface area contributed by atoms with Crippen LogP contribution in [0.25, 0.3) is 0 Å². The molecule has 3 atom stereocenters. The second-order valence-corrected chi connectivity index (χ2v) is 6.57. The highest BCUT2D eigenvalue weighted by Crippen LogP contribution is 2.34. The fourth-order valence-corrected chi connectivity index (χ4v) is 2.83. The van der Waals surface area contributed by atoms with Gasteiger partial charge in [-0.2, -0.15) is 0 Å². The van der Waals surface area contributed by atoms with Crippen molar-refractivity contribution in [3.05, 3.63) is 0 Å². The average molecular weight is 240 g/mol. The van der Waals surface area contributed by atoms with Crippen LogP contribution in [0.1, 0.15) is 60.3 Å². The van der Waals surface area contributed by atoms with Crippen LogP contribution >= 0.6 is 0 Å². The Bertz CT molecular complexity index is 252. The molecule has 2 nitrogen and oxygen atoms in total. The summed E-state index contributed by atoms with van der Waals surface area (Å²) < 4.78 is 5.71. The maximum absolute atomic E-state index is 12.6. The summed E-state index contributed by atoms with van der Waals surface area (Å²) in [7, 11) is 0. The molecule has 1 aliphatic rings. The van der Waals surface area contributed by atoms with Crippen molar-refractivity contribution in [2.45, 2.75) is 66.4 Å². The highest BCUT2D eigenvalue weighted by atomic mass is 16.5. The summed E-state index contributed by atoms with van der Waals surface area (Å²) >= 11 is 0. The Morgan fingerprint density at radius 1 is 1.35 bits per heavy atom. The first-order valence-electron chi connectivity index (χ1n) is 7.01. The number of Topliss-reactive ketones (excluding diaryl/α,β-unsaturated/α-hetero) is 1. The van der Waals surface area contributed by atoms with E-state index < -0.39 is 0 Å². The van der Waals surface area contributed by atoms with Crippen LogP contribution in [0.4, 0.5) is 0 Å². The predicted molar refractivity (Wildman–Crippen MR) is 71.0 cm³/mol. The third-order valence-corrected chi connectivity index (χ3v) is 3.72. The van der Waals surface area contributed by atoms with Gasteiger partial charge in [0.1, 0.15) is 6.10 Å². The Balaban J connectivity index is 2.70. The van der Waals surface area contributed by atoms with E-state index in [1.807, 2.05) is 6.92 Å². The molecule has 0 N–H and O–H groups in total. The molecule has 0 radical (unpaired) electrons. The lowest BCUT2D eigenvalue weighted by Gasteiger charge is -2.34. The molecule has 1 saturated carbocycles. The Morgan fingerprint density at radius 3 is 2.47 bits per heavy atom. The van der Waals surface area contributed by atoms with Crippen LogP contribution in [0.15, 0.2) is 0 Å². The van der Waals surface area contributed by atoms with Gasteiger partial charge in [-0.15, -0.1) is 0 Å². The topological polar surface area (TPSA) is 26.3 Å². The molecule has 0 heterocycles. The van der Waals surface area contributed by atoms with Crippen molar-refractivity contribution < 1.29 is 9.53 Å². The van der Waals surface area contributed by atoms with Crippen molar-refractivity contribution >= 4 is 5.78 Å². The van der Waals surface area contributed by atoms with Crippen molar-refractivity contribution in [3.63, 3.8) is 0 Å². The van der Waals surface area contributed by atoms with E-state index >= 15 is 0 Å². The molecule has 0 bridgehead atoms. The van der Waals surface area contributed by atoms with Crippen LogP contribution in [0.5, 0.6) is 0 Å². The Kier molecular flexibility index (Phi) is 5.18. The second-order valence-electron chi connectivity index (χ2n) is 6.57. The van der Waals surface area contributed by atoms with Gasteiger partial charge in [0.25, 0.3) is 0 Å². The molecule has 100 valence electrons. The quantitative estimate of drug-likeness (QED) is 0.746. The first-order valence-corrected chi connectivity index (χ1v) is 7.01. The van der Waals surface area contributed by atoms with Crippen molar-refractivity contribution in [2.75, 3.05) is 6.61 Å². The minimum atomic E-state index is -0.234. The Hall–Kier alpha value is -0.370. The van der Waals surface area contributed by atoms with Gasteiger partial charge in [0.05, 0.1) is 0 Å². The van der Waals surface area contributed by atoms with Gasteiger partial charge in [0, 0.05) is 12.5 Å². The van der Waals surface area contributed by atoms with E-state index in [-0.39, 0.29) is 17.4 Å². The van der Waals surface area contributed by atoms with Gasteiger partial charge < -0.3 is 4.74 Å². The van der Waals surface area contributed by atoms with E-state index in [1.54, 1.807) is 0 Å². The minimum absolute atomic E-state index is 0.0895. The van der Waals surface area contributed by atoms with E-state index in [4.69, 9.17) is 4.74 Å². The summed E-state index contributed by atoms with van der Waals surface area (Å²) in [5, 5.41) is 0. The van der Waals surface area contributed by atoms with Crippen LogP contribution in [-0.2, 0) is 9.53 Å². The largest absolute Gasteiger partial charge is 0.370 e. The average Bonchev–Trinajstić information content (AvgIpc) is 2.23. The van der Waals surface area contributed by atoms with Crippen LogP contribution < -0.4 is 0 Å². The van der Waals surface area contributed by atoms with E-state index in [2.05, 4.69) is 27.7 Å². The van der Waals surface area contributed by atoms with Gasteiger partial charge in [-0.1, -0.05) is 40.5 Å². The van der Waals surface area contributed by atoms with Crippen molar-refractivity contribution in [1.82, 2.24) is 0 Å². The zero-order valence-corrected chi connectivity index (χ0v) is 12.1. The lowest BCUT2D eigenvalue weighted by molar-refractivity contribution is -0.143. The maximum Gasteiger partial charge on any atom is 0.165 e. The SMILES string of the molecule is CCOC(C(=O)C1CCCC(C)C1)C(C)(C)C. The molecular formula is C15H28O2. The summed E-state index contributed by atoms with van der Waals surface area (Å²) in [5.41, 5.74) is -0.0895. The van der Waals surface area contributed by atoms with Gasteiger partial charge in [-0.25, -0.2) is 0 Å². The lowest BCUT2D eigenvalue weighted by atomic mass is 9.75. The van der Waals surface area contributed by atoms with Gasteiger partial charge in [0.2, 0.25) is 0 Å². The van der Waals surface area contributed by atoms with Gasteiger partial charge in [-0.05, 0) is 31.1 Å². The monoisotopic (exact) mass is 240 g/mol. The van der Waals surface area contributed by atoms with Crippen LogP contribution in [-0.4, -0.2) is 18.5 Å². The normalized spacial score (nSPS) is 27.8. The van der Waals surface area contributed by atoms with Gasteiger partial charge >= 0.3 is 0 Å². The number of ether oxygens (including phenoxy) is 1. The molecule has 1 aliphatic carbocycles. The number of rotatable bonds is 4. The fourth-order valence-electron chi connectivity index (χ4n) is 2.83. The second kappa shape index (κ2) is 5.99. The summed E-state index contributed by atoms with van der Waals surface area (Å²) in [6.07, 6.45) is 4.35. The molecule has 2 heteroatoms. The summed E-state index contributed by atoms with van der Waals surface area (Å²) in [6.45, 7) is 11.1. The molecule has 1 rings (SSSR count). The molecule has 0 aromatic rings. The molecule has 3 unspecified atom stereocenters. The standard InChI is InChI=1S/C15H28O2/c1-6-17-14(15(3,4)5)13(16)12-9-7-8-11(2)10-12/h11-12,14H,6-10H2,1-5H3. The molecule has 0 saturated heterocycles. The zero-order chi connectivity index (χ0) is 13.1. The molecule has 0 spiro atoms. The third kappa shape index (κ3) is 4.09. The molecular weight excluding hydrogens is 212 g/mol. The summed E-state index contributed by atoms with van der Waals surface area (Å²) in [4.78, 5) is 12.6. The molecule has 0 aromatic carbocycles. The predicted octanol–water partition coefficient (Wildman–Crippen LogP) is 3.83. The van der Waals surface area contributed by atoms with Gasteiger partial charge in [0.15, 0.2) is 5.78 Å². The minimum Gasteiger partial charge on any atom is -0.370 e. The maximum atomic E-state index is 12.6. The zero-order valence-electron chi connectivity index (χ0n) is 12.1. The first kappa shape index (κ1) is 14.7. The molecule has 0 aromatic heterocycles. The fraction of sp³-hybridized carbons (Fsp3) is 0.933. The number of carbonyl (C=O) groups excluding carboxylic acids is 1. The number of carbonyl (C=O) groups is 1. The van der Waals surface area contributed by atoms with Crippen molar-refractivity contribution in [2.24, 2.45) is 17.3 Å². The van der Waals surface area contributed by atoms with E-state index in [1.165, 1.54) is 12.8 Å². The summed E-state index contributed by atoms with van der Waals surface area (Å²) in [6, 6.07) is 0. The smallest absolute Gasteiger partial charge is 0.165 e. The Morgan fingerprint density at radius 2 is 2.00 bits per heavy atom. The third-order valence-electron chi connectivity index (χ3n) is 3.72. The first-order chi connectivity index (χ1) is 7.86. The molecule has 1 fully saturated rings. The van der Waals surface area contributed by atoms with Crippen LogP contribution in [0.2, 0.25) is 0 Å².